The third-order valence-corrected chi connectivity index (χ3v) is 4.65. The monoisotopic (exact) mass is 288 g/mol. The summed E-state index contributed by atoms with van der Waals surface area (Å²) in [5.74, 6) is 0. The molecule has 1 atom stereocenters. The van der Waals surface area contributed by atoms with E-state index in [-0.39, 0.29) is 0 Å². The summed E-state index contributed by atoms with van der Waals surface area (Å²) in [6.07, 6.45) is 8.29. The molecular formula is C17H24N2S. The average Bonchev–Trinajstić information content (AvgIpc) is 2.93. The van der Waals surface area contributed by atoms with Gasteiger partial charge in [0.25, 0.3) is 0 Å². The number of thiophene rings is 1. The Balaban J connectivity index is 1.99. The van der Waals surface area contributed by atoms with Crippen LogP contribution in [0.25, 0.3) is 0 Å². The van der Waals surface area contributed by atoms with Crippen LogP contribution in [0.15, 0.2) is 36.7 Å². The molecule has 2 aromatic rings. The maximum absolute atomic E-state index is 4.22. The van der Waals surface area contributed by atoms with Gasteiger partial charge in [0.15, 0.2) is 0 Å². The van der Waals surface area contributed by atoms with Crippen LogP contribution in [0.2, 0.25) is 0 Å². The minimum absolute atomic E-state index is 0.502. The molecule has 0 aliphatic carbocycles. The van der Waals surface area contributed by atoms with Gasteiger partial charge in [-0.3, -0.25) is 4.98 Å². The third kappa shape index (κ3) is 4.73. The lowest BCUT2D eigenvalue weighted by Crippen LogP contribution is -2.33. The molecule has 2 rings (SSSR count). The zero-order valence-electron chi connectivity index (χ0n) is 12.4. The van der Waals surface area contributed by atoms with Gasteiger partial charge >= 0.3 is 0 Å². The Bertz CT molecular complexity index is 493. The zero-order valence-corrected chi connectivity index (χ0v) is 13.2. The second-order valence-corrected chi connectivity index (χ2v) is 6.40. The highest BCUT2D eigenvalue weighted by Crippen LogP contribution is 2.19. The SMILES string of the molecule is CCCNC(Cc1cccnc1)Cc1ccc(CC)s1. The van der Waals surface area contributed by atoms with E-state index in [4.69, 9.17) is 0 Å². The number of rotatable bonds is 8. The molecule has 0 radical (unpaired) electrons. The van der Waals surface area contributed by atoms with E-state index in [1.165, 1.54) is 21.7 Å². The van der Waals surface area contributed by atoms with Crippen molar-refractivity contribution in [1.82, 2.24) is 10.3 Å². The quantitative estimate of drug-likeness (QED) is 0.798. The van der Waals surface area contributed by atoms with E-state index in [9.17, 15) is 0 Å². The molecule has 0 amide bonds. The summed E-state index contributed by atoms with van der Waals surface area (Å²) >= 11 is 1.95. The molecule has 0 aliphatic heterocycles. The first-order valence-electron chi connectivity index (χ1n) is 7.51. The van der Waals surface area contributed by atoms with Gasteiger partial charge in [-0.2, -0.15) is 0 Å². The Labute approximate surface area is 126 Å². The topological polar surface area (TPSA) is 24.9 Å². The standard InChI is InChI=1S/C17H24N2S/c1-3-9-19-15(11-14-6-5-10-18-13-14)12-17-8-7-16(4-2)20-17/h5-8,10,13,15,19H,3-4,9,11-12H2,1-2H3. The lowest BCUT2D eigenvalue weighted by molar-refractivity contribution is 0.507. The van der Waals surface area contributed by atoms with Gasteiger partial charge in [-0.05, 0) is 56.0 Å². The Morgan fingerprint density at radius 3 is 2.65 bits per heavy atom. The molecule has 0 spiro atoms. The molecule has 2 nitrogen and oxygen atoms in total. The maximum Gasteiger partial charge on any atom is 0.0300 e. The van der Waals surface area contributed by atoms with E-state index in [1.54, 1.807) is 0 Å². The van der Waals surface area contributed by atoms with Gasteiger partial charge in [0.1, 0.15) is 0 Å². The minimum Gasteiger partial charge on any atom is -0.313 e. The number of pyridine rings is 1. The molecule has 108 valence electrons. The first-order valence-corrected chi connectivity index (χ1v) is 8.33. The molecule has 0 fully saturated rings. The van der Waals surface area contributed by atoms with Crippen LogP contribution in [-0.4, -0.2) is 17.6 Å². The van der Waals surface area contributed by atoms with Gasteiger partial charge in [0.2, 0.25) is 0 Å². The molecular weight excluding hydrogens is 264 g/mol. The Morgan fingerprint density at radius 1 is 1.15 bits per heavy atom. The summed E-state index contributed by atoms with van der Waals surface area (Å²) in [5, 5.41) is 3.67. The second kappa shape index (κ2) is 8.18. The normalized spacial score (nSPS) is 12.5. The molecule has 1 unspecified atom stereocenters. The van der Waals surface area contributed by atoms with E-state index >= 15 is 0 Å². The van der Waals surface area contributed by atoms with E-state index in [0.29, 0.717) is 6.04 Å². The van der Waals surface area contributed by atoms with Crippen LogP contribution in [0.4, 0.5) is 0 Å². The van der Waals surface area contributed by atoms with Crippen molar-refractivity contribution in [3.05, 3.63) is 52.0 Å². The lowest BCUT2D eigenvalue weighted by atomic mass is 10.0. The highest BCUT2D eigenvalue weighted by molar-refractivity contribution is 7.11. The predicted molar refractivity (Wildman–Crippen MR) is 87.4 cm³/mol. The van der Waals surface area contributed by atoms with Crippen molar-refractivity contribution in [2.24, 2.45) is 0 Å². The number of hydrogen-bond acceptors (Lipinski definition) is 3. The van der Waals surface area contributed by atoms with Gasteiger partial charge in [-0.1, -0.05) is 19.9 Å². The minimum atomic E-state index is 0.502. The number of nitrogens with one attached hydrogen (secondary N) is 1. The second-order valence-electron chi connectivity index (χ2n) is 5.14. The number of nitrogens with zero attached hydrogens (tertiary/aromatic N) is 1. The highest BCUT2D eigenvalue weighted by atomic mass is 32.1. The summed E-state index contributed by atoms with van der Waals surface area (Å²) in [6.45, 7) is 5.52. The predicted octanol–water partition coefficient (Wildman–Crippen LogP) is 3.86. The van der Waals surface area contributed by atoms with Gasteiger partial charge in [0.05, 0.1) is 0 Å². The molecule has 3 heteroatoms. The van der Waals surface area contributed by atoms with Crippen LogP contribution in [0.5, 0.6) is 0 Å². The van der Waals surface area contributed by atoms with Crippen LogP contribution in [0.1, 0.15) is 35.6 Å². The Hall–Kier alpha value is -1.19. The molecule has 0 saturated carbocycles. The number of aryl methyl sites for hydroxylation is 1. The van der Waals surface area contributed by atoms with Gasteiger partial charge < -0.3 is 5.32 Å². The van der Waals surface area contributed by atoms with Gasteiger partial charge in [0, 0.05) is 28.2 Å². The van der Waals surface area contributed by atoms with Gasteiger partial charge in [-0.15, -0.1) is 11.3 Å². The smallest absolute Gasteiger partial charge is 0.0300 e. The molecule has 0 bridgehead atoms. The molecule has 0 aromatic carbocycles. The van der Waals surface area contributed by atoms with E-state index in [2.05, 4.69) is 42.3 Å². The van der Waals surface area contributed by atoms with E-state index in [0.717, 1.165) is 25.8 Å². The van der Waals surface area contributed by atoms with Crippen LogP contribution in [0.3, 0.4) is 0 Å². The van der Waals surface area contributed by atoms with Crippen molar-refractivity contribution < 1.29 is 0 Å². The molecule has 0 saturated heterocycles. The van der Waals surface area contributed by atoms with Crippen molar-refractivity contribution in [2.45, 2.75) is 45.6 Å². The average molecular weight is 288 g/mol. The molecule has 2 aromatic heterocycles. The first-order chi connectivity index (χ1) is 9.81. The van der Waals surface area contributed by atoms with Crippen molar-refractivity contribution in [1.29, 1.82) is 0 Å². The molecule has 1 N–H and O–H groups in total. The summed E-state index contributed by atoms with van der Waals surface area (Å²) in [7, 11) is 0. The highest BCUT2D eigenvalue weighted by Gasteiger charge is 2.11. The summed E-state index contributed by atoms with van der Waals surface area (Å²) in [6, 6.07) is 9.24. The molecule has 0 aliphatic rings. The van der Waals surface area contributed by atoms with Crippen molar-refractivity contribution in [2.75, 3.05) is 6.54 Å². The largest absolute Gasteiger partial charge is 0.313 e. The molecule has 2 heterocycles. The number of hydrogen-bond donors (Lipinski definition) is 1. The van der Waals surface area contributed by atoms with Crippen molar-refractivity contribution in [3.8, 4) is 0 Å². The van der Waals surface area contributed by atoms with Gasteiger partial charge in [-0.25, -0.2) is 0 Å². The number of aromatic nitrogens is 1. The molecule has 20 heavy (non-hydrogen) atoms. The Morgan fingerprint density at radius 2 is 2.00 bits per heavy atom. The van der Waals surface area contributed by atoms with Crippen molar-refractivity contribution >= 4 is 11.3 Å². The van der Waals surface area contributed by atoms with Crippen LogP contribution in [-0.2, 0) is 19.3 Å². The fourth-order valence-corrected chi connectivity index (χ4v) is 3.37. The fourth-order valence-electron chi connectivity index (χ4n) is 2.33. The zero-order chi connectivity index (χ0) is 14.2. The fraction of sp³-hybridized carbons (Fsp3) is 0.471. The lowest BCUT2D eigenvalue weighted by Gasteiger charge is -2.17. The summed E-state index contributed by atoms with van der Waals surface area (Å²) < 4.78 is 0. The van der Waals surface area contributed by atoms with Crippen molar-refractivity contribution in [3.63, 3.8) is 0 Å². The Kier molecular flexibility index (Phi) is 6.22. The van der Waals surface area contributed by atoms with Crippen LogP contribution < -0.4 is 5.32 Å². The van der Waals surface area contributed by atoms with E-state index < -0.39 is 0 Å². The van der Waals surface area contributed by atoms with Crippen LogP contribution in [0, 0.1) is 0 Å². The van der Waals surface area contributed by atoms with E-state index in [1.807, 2.05) is 29.8 Å². The third-order valence-electron chi connectivity index (χ3n) is 3.40. The summed E-state index contributed by atoms with van der Waals surface area (Å²) in [5.41, 5.74) is 1.31. The van der Waals surface area contributed by atoms with Crippen LogP contribution >= 0.6 is 11.3 Å². The first kappa shape index (κ1) is 15.2. The summed E-state index contributed by atoms with van der Waals surface area (Å²) in [4.78, 5) is 7.18. The maximum atomic E-state index is 4.22.